The summed E-state index contributed by atoms with van der Waals surface area (Å²) in [4.78, 5) is 0. The van der Waals surface area contributed by atoms with E-state index in [1.807, 2.05) is 19.9 Å². The quantitative estimate of drug-likeness (QED) is 0.164. The van der Waals surface area contributed by atoms with Gasteiger partial charge in [-0.1, -0.05) is 196 Å². The van der Waals surface area contributed by atoms with Gasteiger partial charge in [-0.25, -0.2) is 0 Å². The van der Waals surface area contributed by atoms with Crippen LogP contribution in [0.15, 0.2) is 200 Å². The third kappa shape index (κ3) is 6.40. The minimum atomic E-state index is -0.549. The molecule has 0 aromatic heterocycles. The van der Waals surface area contributed by atoms with Crippen LogP contribution in [0.1, 0.15) is 115 Å². The third-order valence-corrected chi connectivity index (χ3v) is 17.8. The molecule has 4 heterocycles. The van der Waals surface area contributed by atoms with Gasteiger partial charge in [0.2, 0.25) is 0 Å². The summed E-state index contributed by atoms with van der Waals surface area (Å²) >= 11 is 0. The van der Waals surface area contributed by atoms with Crippen molar-refractivity contribution in [1.82, 2.24) is 0 Å². The molecule has 0 amide bonds. The predicted molar refractivity (Wildman–Crippen MR) is 294 cm³/mol. The zero-order chi connectivity index (χ0) is 50.8. The van der Waals surface area contributed by atoms with Gasteiger partial charge in [-0.15, -0.1) is 0 Å². The molecule has 73 heavy (non-hydrogen) atoms. The van der Waals surface area contributed by atoms with Crippen LogP contribution >= 0.6 is 0 Å². The molecule has 1 spiro atoms. The molecule has 7 aliphatic rings. The van der Waals surface area contributed by atoms with Crippen molar-refractivity contribution in [1.29, 1.82) is 0 Å². The molecule has 2 atom stereocenters. The summed E-state index contributed by atoms with van der Waals surface area (Å²) in [5.41, 5.74) is 9.80. The maximum Gasteiger partial charge on any atom is 0.498 e. The van der Waals surface area contributed by atoms with Crippen molar-refractivity contribution >= 4 is 19.7 Å². The first kappa shape index (κ1) is 47.6. The number of benzene rings is 7. The van der Waals surface area contributed by atoms with Gasteiger partial charge in [0.15, 0.2) is 0 Å². The molecule has 8 heteroatoms. The highest BCUT2D eigenvalue weighted by Crippen LogP contribution is 2.81. The smallest absolute Gasteiger partial charge is 0.482 e. The van der Waals surface area contributed by atoms with Crippen LogP contribution in [0, 0.1) is 5.41 Å². The van der Waals surface area contributed by atoms with Crippen LogP contribution in [0.25, 0.3) is 11.1 Å². The van der Waals surface area contributed by atoms with E-state index < -0.39 is 47.7 Å². The molecule has 7 aromatic rings. The zero-order valence-electron chi connectivity index (χ0n) is 43.8. The van der Waals surface area contributed by atoms with Gasteiger partial charge in [-0.2, -0.15) is 0 Å². The molecule has 0 bridgehead atoms. The van der Waals surface area contributed by atoms with Gasteiger partial charge in [0.05, 0.1) is 38.6 Å². The number of hydrogen-bond donors (Lipinski definition) is 0. The molecule has 0 radical (unpaired) electrons. The first-order chi connectivity index (χ1) is 35.1. The maximum absolute atomic E-state index is 7.09. The minimum Gasteiger partial charge on any atom is -0.482 e. The monoisotopic (exact) mass is 962 g/mol. The van der Waals surface area contributed by atoms with E-state index in [1.165, 1.54) is 38.9 Å². The van der Waals surface area contributed by atoms with E-state index in [2.05, 4.69) is 243 Å². The van der Waals surface area contributed by atoms with Crippen molar-refractivity contribution in [2.45, 2.75) is 114 Å². The number of hydrogen-bond acceptors (Lipinski definition) is 6. The molecule has 3 aliphatic carbocycles. The predicted octanol–water partition coefficient (Wildman–Crippen LogP) is 14.2. The minimum absolute atomic E-state index is 0.273. The SMILES string of the molecule is CC.CC1(C)OB(C2=CC=CC34CC23Oc2ccccc2C42c3ccccc3-c3ccccc32)OC1(C)C.CC1(C)OB(c2cccc3c2Oc2ccccc2C3(c2ccccc2)c2ccccc2)OC1(C)C. The van der Waals surface area contributed by atoms with Crippen LogP contribution in [-0.4, -0.2) is 42.2 Å². The van der Waals surface area contributed by atoms with Crippen LogP contribution in [0.2, 0.25) is 0 Å². The van der Waals surface area contributed by atoms with E-state index in [0.717, 1.165) is 45.7 Å². The average Bonchev–Trinajstić information content (AvgIpc) is 3.95. The Morgan fingerprint density at radius 1 is 0.425 bits per heavy atom. The van der Waals surface area contributed by atoms with Crippen molar-refractivity contribution in [2.75, 3.05) is 0 Å². The standard InChI is InChI=1S/C32H29BO3.C31H29BO3.C2H6/c1-28(2)29(3,4)36-33(35-28)27-18-11-19-30-20-31(27,30)34-26-17-10-9-16-25(26)32(30)23-14-7-5-12-21(23)22-13-6-8-15-24(22)32;1-29(2)30(3,4)35-32(34-29)26-20-13-19-25-28(26)33-27-21-12-11-18-24(27)31(25,22-14-7-5-8-15-22)23-16-9-6-10-17-23;1-2/h5-19H,20H2,1-4H3;5-21H,1-4H3;1-2H3. The fourth-order valence-corrected chi connectivity index (χ4v) is 13.0. The number of para-hydroxylation sites is 3. The topological polar surface area (TPSA) is 55.4 Å². The molecule has 14 rings (SSSR count). The van der Waals surface area contributed by atoms with E-state index in [4.69, 9.17) is 28.1 Å². The van der Waals surface area contributed by atoms with Gasteiger partial charge in [-0.05, 0) is 101 Å². The van der Waals surface area contributed by atoms with Crippen molar-refractivity contribution < 1.29 is 28.1 Å². The van der Waals surface area contributed by atoms with Crippen LogP contribution in [0.3, 0.4) is 0 Å². The van der Waals surface area contributed by atoms with Gasteiger partial charge < -0.3 is 28.1 Å². The summed E-state index contributed by atoms with van der Waals surface area (Å²) in [5, 5.41) is 0. The Balaban J connectivity index is 0.000000144. The van der Waals surface area contributed by atoms with Gasteiger partial charge in [0.1, 0.15) is 22.8 Å². The summed E-state index contributed by atoms with van der Waals surface area (Å²) in [6.45, 7) is 20.8. The Morgan fingerprint density at radius 2 is 0.877 bits per heavy atom. The van der Waals surface area contributed by atoms with Gasteiger partial charge in [-0.3, -0.25) is 0 Å². The van der Waals surface area contributed by atoms with E-state index in [-0.39, 0.29) is 10.8 Å². The summed E-state index contributed by atoms with van der Waals surface area (Å²) in [5.74, 6) is 2.60. The van der Waals surface area contributed by atoms with Crippen LogP contribution in [-0.2, 0) is 29.4 Å². The van der Waals surface area contributed by atoms with Gasteiger partial charge in [0.25, 0.3) is 0 Å². The first-order valence-corrected chi connectivity index (χ1v) is 26.2. The largest absolute Gasteiger partial charge is 0.498 e. The summed E-state index contributed by atoms with van der Waals surface area (Å²) in [7, 11) is -0.972. The van der Waals surface area contributed by atoms with Crippen LogP contribution in [0.5, 0.6) is 17.2 Å². The Labute approximate surface area is 432 Å². The summed E-state index contributed by atoms with van der Waals surface area (Å²) < 4.78 is 40.0. The highest BCUT2D eigenvalue weighted by molar-refractivity contribution is 6.63. The fourth-order valence-electron chi connectivity index (χ4n) is 13.0. The first-order valence-electron chi connectivity index (χ1n) is 26.2. The van der Waals surface area contributed by atoms with E-state index in [9.17, 15) is 0 Å². The third-order valence-electron chi connectivity index (χ3n) is 17.8. The highest BCUT2D eigenvalue weighted by Gasteiger charge is 2.85. The van der Waals surface area contributed by atoms with E-state index in [0.29, 0.717) is 0 Å². The van der Waals surface area contributed by atoms with Crippen molar-refractivity contribution in [3.05, 3.63) is 239 Å². The zero-order valence-corrected chi connectivity index (χ0v) is 43.8. The lowest BCUT2D eigenvalue weighted by atomic mass is 9.55. The Kier molecular flexibility index (Phi) is 10.8. The lowest BCUT2D eigenvalue weighted by molar-refractivity contribution is 0.00578. The fraction of sp³-hybridized carbons (Fsp3) is 0.292. The number of allylic oxidation sites excluding steroid dienone is 2. The molecule has 366 valence electrons. The van der Waals surface area contributed by atoms with Crippen molar-refractivity contribution in [2.24, 2.45) is 5.41 Å². The van der Waals surface area contributed by atoms with Gasteiger partial charge in [0, 0.05) is 34.0 Å². The highest BCUT2D eigenvalue weighted by atomic mass is 16.7. The summed E-state index contributed by atoms with van der Waals surface area (Å²) in [6, 6.07) is 62.6. The second-order valence-electron chi connectivity index (χ2n) is 22.4. The lowest BCUT2D eigenvalue weighted by Crippen LogP contribution is -2.51. The Hall–Kier alpha value is -6.41. The maximum atomic E-state index is 7.09. The van der Waals surface area contributed by atoms with Crippen molar-refractivity contribution in [3.8, 4) is 28.4 Å². The molecular weight excluding hydrogens is 898 g/mol. The molecular formula is C65H64B2O6. The number of fused-ring (bicyclic) bond motifs is 9. The van der Waals surface area contributed by atoms with Crippen molar-refractivity contribution in [3.63, 3.8) is 0 Å². The second-order valence-corrected chi connectivity index (χ2v) is 22.4. The average molecular weight is 963 g/mol. The second kappa shape index (κ2) is 16.5. The molecule has 0 N–H and O–H groups in total. The van der Waals surface area contributed by atoms with Crippen LogP contribution < -0.4 is 14.9 Å². The van der Waals surface area contributed by atoms with E-state index >= 15 is 0 Å². The Bertz CT molecular complexity index is 3240. The molecule has 2 saturated heterocycles. The molecule has 7 aromatic carbocycles. The van der Waals surface area contributed by atoms with Crippen LogP contribution in [0.4, 0.5) is 0 Å². The van der Waals surface area contributed by atoms with Gasteiger partial charge >= 0.3 is 14.2 Å². The lowest BCUT2D eigenvalue weighted by Gasteiger charge is -2.48. The normalized spacial score (nSPS) is 24.2. The molecule has 6 nitrogen and oxygen atoms in total. The molecule has 2 unspecified atom stereocenters. The molecule has 4 aliphatic heterocycles. The summed E-state index contributed by atoms with van der Waals surface area (Å²) in [6.07, 6.45) is 7.69. The number of rotatable bonds is 4. The Morgan fingerprint density at radius 3 is 1.44 bits per heavy atom. The molecule has 1 saturated carbocycles. The van der Waals surface area contributed by atoms with E-state index in [1.54, 1.807) is 0 Å². The molecule has 3 fully saturated rings. The number of ether oxygens (including phenoxy) is 2.